The number of benzene rings is 2. The quantitative estimate of drug-likeness (QED) is 0.759. The third-order valence-electron chi connectivity index (χ3n) is 4.00. The lowest BCUT2D eigenvalue weighted by Crippen LogP contribution is -2.19. The number of anilines is 3. The number of rotatable bonds is 5. The average molecular weight is 355 g/mol. The third-order valence-corrected chi connectivity index (χ3v) is 4.00. The molecule has 0 atom stereocenters. The highest BCUT2D eigenvalue weighted by Gasteiger charge is 2.16. The first-order valence-electron chi connectivity index (χ1n) is 7.99. The van der Waals surface area contributed by atoms with Crippen LogP contribution in [0.5, 0.6) is 17.2 Å². The molecule has 3 N–H and O–H groups in total. The molecule has 2 aromatic carbocycles. The Morgan fingerprint density at radius 1 is 1.00 bits per heavy atom. The van der Waals surface area contributed by atoms with Crippen molar-refractivity contribution in [3.05, 3.63) is 48.2 Å². The van der Waals surface area contributed by atoms with Gasteiger partial charge in [-0.05, 0) is 23.8 Å². The Morgan fingerprint density at radius 2 is 1.65 bits per heavy atom. The fraction of sp³-hybridized carbons (Fsp3) is 0.211. The highest BCUT2D eigenvalue weighted by atomic mass is 16.5. The van der Waals surface area contributed by atoms with Crippen molar-refractivity contribution >= 4 is 23.1 Å². The molecular weight excluding hydrogens is 334 g/mol. The molecule has 136 valence electrons. The summed E-state index contributed by atoms with van der Waals surface area (Å²) in [6.07, 6.45) is 0.749. The monoisotopic (exact) mass is 355 g/mol. The lowest BCUT2D eigenvalue weighted by atomic mass is 10.1. The molecule has 1 aliphatic rings. The van der Waals surface area contributed by atoms with Gasteiger partial charge in [-0.15, -0.1) is 0 Å². The normalized spacial score (nSPS) is 12.0. The van der Waals surface area contributed by atoms with Crippen molar-refractivity contribution in [2.75, 3.05) is 37.3 Å². The van der Waals surface area contributed by atoms with Gasteiger partial charge in [0, 0.05) is 35.6 Å². The van der Waals surface area contributed by atoms with Gasteiger partial charge in [0.15, 0.2) is 11.5 Å². The van der Waals surface area contributed by atoms with Crippen LogP contribution in [0.4, 0.5) is 21.9 Å². The minimum atomic E-state index is -0.371. The molecule has 1 heterocycles. The average Bonchev–Trinajstić information content (AvgIpc) is 2.99. The van der Waals surface area contributed by atoms with Gasteiger partial charge in [-0.2, -0.15) is 0 Å². The minimum Gasteiger partial charge on any atom is -0.493 e. The molecule has 7 nitrogen and oxygen atoms in total. The minimum absolute atomic E-state index is 0.371. The van der Waals surface area contributed by atoms with Gasteiger partial charge in [0.2, 0.25) is 5.75 Å². The van der Waals surface area contributed by atoms with Gasteiger partial charge in [0.05, 0.1) is 27.0 Å². The lowest BCUT2D eigenvalue weighted by Gasteiger charge is -2.15. The first-order chi connectivity index (χ1) is 12.5. The van der Waals surface area contributed by atoms with Crippen molar-refractivity contribution in [3.8, 4) is 17.2 Å². The summed E-state index contributed by atoms with van der Waals surface area (Å²) >= 11 is 0. The van der Waals surface area contributed by atoms with E-state index in [0.29, 0.717) is 28.6 Å². The number of ether oxygens (including phenoxy) is 3. The van der Waals surface area contributed by atoms with E-state index in [2.05, 4.69) is 22.5 Å². The van der Waals surface area contributed by atoms with Crippen molar-refractivity contribution in [3.63, 3.8) is 0 Å². The Morgan fingerprint density at radius 3 is 2.27 bits per heavy atom. The number of fused-ring (bicyclic) bond motifs is 1. The molecule has 0 fully saturated rings. The number of hydrogen-bond acceptors (Lipinski definition) is 5. The number of methoxy groups -OCH3 is 3. The van der Waals surface area contributed by atoms with Crippen LogP contribution in [0.2, 0.25) is 0 Å². The molecule has 0 saturated heterocycles. The molecule has 7 heteroatoms. The Balaban J connectivity index is 1.74. The summed E-state index contributed by atoms with van der Waals surface area (Å²) in [6, 6.07) is 8.63. The van der Waals surface area contributed by atoms with Crippen molar-refractivity contribution in [1.82, 2.24) is 0 Å². The SMILES string of the molecule is C=C1Cc2cc(NC(=O)Nc3cc(OC)c(OC)c(OC)c3)ccc2N1. The van der Waals surface area contributed by atoms with E-state index in [1.165, 1.54) is 21.3 Å². The number of carbonyl (C=O) groups excluding carboxylic acids is 1. The maximum Gasteiger partial charge on any atom is 0.323 e. The van der Waals surface area contributed by atoms with Gasteiger partial charge in [0.1, 0.15) is 0 Å². The first-order valence-corrected chi connectivity index (χ1v) is 7.99. The zero-order chi connectivity index (χ0) is 18.7. The molecule has 0 unspecified atom stereocenters. The first kappa shape index (κ1) is 17.5. The summed E-state index contributed by atoms with van der Waals surface area (Å²) < 4.78 is 15.8. The second-order valence-corrected chi connectivity index (χ2v) is 5.77. The third kappa shape index (κ3) is 3.51. The van der Waals surface area contributed by atoms with E-state index < -0.39 is 0 Å². The predicted molar refractivity (Wildman–Crippen MR) is 102 cm³/mol. The van der Waals surface area contributed by atoms with Gasteiger partial charge in [-0.1, -0.05) is 6.58 Å². The Bertz CT molecular complexity index is 839. The van der Waals surface area contributed by atoms with Gasteiger partial charge in [-0.3, -0.25) is 0 Å². The van der Waals surface area contributed by atoms with Crippen LogP contribution in [0.1, 0.15) is 5.56 Å². The van der Waals surface area contributed by atoms with Gasteiger partial charge < -0.3 is 30.2 Å². The molecule has 2 amide bonds. The molecule has 0 bridgehead atoms. The van der Waals surface area contributed by atoms with Gasteiger partial charge in [0.25, 0.3) is 0 Å². The second-order valence-electron chi connectivity index (χ2n) is 5.77. The number of urea groups is 1. The summed E-state index contributed by atoms with van der Waals surface area (Å²) in [7, 11) is 4.57. The van der Waals surface area contributed by atoms with E-state index in [1.807, 2.05) is 18.2 Å². The Hall–Kier alpha value is -3.35. The molecule has 26 heavy (non-hydrogen) atoms. The summed E-state index contributed by atoms with van der Waals surface area (Å²) in [5, 5.41) is 8.78. The Kier molecular flexibility index (Phi) is 4.88. The predicted octanol–water partition coefficient (Wildman–Crippen LogP) is 3.84. The van der Waals surface area contributed by atoms with Crippen molar-refractivity contribution in [1.29, 1.82) is 0 Å². The van der Waals surface area contributed by atoms with E-state index in [0.717, 1.165) is 23.4 Å². The van der Waals surface area contributed by atoms with E-state index in [9.17, 15) is 4.79 Å². The zero-order valence-corrected chi connectivity index (χ0v) is 14.9. The smallest absolute Gasteiger partial charge is 0.323 e. The fourth-order valence-electron chi connectivity index (χ4n) is 2.85. The van der Waals surface area contributed by atoms with Crippen LogP contribution in [0.25, 0.3) is 0 Å². The number of nitrogens with one attached hydrogen (secondary N) is 3. The number of amides is 2. The fourth-order valence-corrected chi connectivity index (χ4v) is 2.85. The molecule has 0 aliphatic carbocycles. The van der Waals surface area contributed by atoms with Crippen molar-refractivity contribution in [2.24, 2.45) is 0 Å². The van der Waals surface area contributed by atoms with Crippen LogP contribution in [0.15, 0.2) is 42.6 Å². The van der Waals surface area contributed by atoms with Crippen molar-refractivity contribution in [2.45, 2.75) is 6.42 Å². The maximum atomic E-state index is 12.3. The summed E-state index contributed by atoms with van der Waals surface area (Å²) in [4.78, 5) is 12.3. The lowest BCUT2D eigenvalue weighted by molar-refractivity contribution is 0.262. The highest BCUT2D eigenvalue weighted by molar-refractivity contribution is 6.00. The molecule has 0 saturated carbocycles. The number of hydrogen-bond donors (Lipinski definition) is 3. The number of carbonyl (C=O) groups is 1. The number of allylic oxidation sites excluding steroid dienone is 1. The van der Waals surface area contributed by atoms with E-state index in [1.54, 1.807) is 12.1 Å². The summed E-state index contributed by atoms with van der Waals surface area (Å²) in [5.41, 5.74) is 4.28. The van der Waals surface area contributed by atoms with Gasteiger partial charge >= 0.3 is 6.03 Å². The largest absolute Gasteiger partial charge is 0.493 e. The molecule has 0 radical (unpaired) electrons. The van der Waals surface area contributed by atoms with Gasteiger partial charge in [-0.25, -0.2) is 4.79 Å². The standard InChI is InChI=1S/C19H21N3O4/c1-11-7-12-8-13(5-6-15(12)20-11)21-19(23)22-14-9-16(24-2)18(26-4)17(10-14)25-3/h5-6,8-10,20H,1,7H2,2-4H3,(H2,21,22,23). The molecular formula is C19H21N3O4. The van der Waals surface area contributed by atoms with E-state index in [4.69, 9.17) is 14.2 Å². The maximum absolute atomic E-state index is 12.3. The van der Waals surface area contributed by atoms with Crippen LogP contribution < -0.4 is 30.2 Å². The van der Waals surface area contributed by atoms with Crippen LogP contribution in [-0.4, -0.2) is 27.4 Å². The van der Waals surface area contributed by atoms with Crippen molar-refractivity contribution < 1.29 is 19.0 Å². The molecule has 1 aliphatic heterocycles. The zero-order valence-electron chi connectivity index (χ0n) is 14.9. The molecule has 0 aromatic heterocycles. The van der Waals surface area contributed by atoms with E-state index >= 15 is 0 Å². The van der Waals surface area contributed by atoms with E-state index in [-0.39, 0.29) is 6.03 Å². The van der Waals surface area contributed by atoms with Crippen LogP contribution in [-0.2, 0) is 6.42 Å². The Labute approximate surface area is 151 Å². The highest BCUT2D eigenvalue weighted by Crippen LogP contribution is 2.40. The molecule has 3 rings (SSSR count). The molecule has 0 spiro atoms. The molecule has 2 aromatic rings. The van der Waals surface area contributed by atoms with Crippen LogP contribution in [0, 0.1) is 0 Å². The topological polar surface area (TPSA) is 80.9 Å². The van der Waals surface area contributed by atoms with Crippen LogP contribution >= 0.6 is 0 Å². The van der Waals surface area contributed by atoms with Crippen LogP contribution in [0.3, 0.4) is 0 Å². The summed E-state index contributed by atoms with van der Waals surface area (Å²) in [5.74, 6) is 1.39. The second kappa shape index (κ2) is 7.26. The summed E-state index contributed by atoms with van der Waals surface area (Å²) in [6.45, 7) is 3.92.